The van der Waals surface area contributed by atoms with Crippen LogP contribution in [-0.4, -0.2) is 45.9 Å². The van der Waals surface area contributed by atoms with Crippen LogP contribution >= 0.6 is 0 Å². The van der Waals surface area contributed by atoms with Gasteiger partial charge < -0.3 is 14.8 Å². The average Bonchev–Trinajstić information content (AvgIpc) is 3.07. The van der Waals surface area contributed by atoms with Crippen LogP contribution in [0.2, 0.25) is 0 Å². The third-order valence-electron chi connectivity index (χ3n) is 4.88. The van der Waals surface area contributed by atoms with Crippen LogP contribution in [0, 0.1) is 5.82 Å². The highest BCUT2D eigenvalue weighted by Gasteiger charge is 2.16. The van der Waals surface area contributed by atoms with Crippen LogP contribution < -0.4 is 5.32 Å². The van der Waals surface area contributed by atoms with E-state index >= 15 is 0 Å². The quantitative estimate of drug-likeness (QED) is 0.636. The van der Waals surface area contributed by atoms with Gasteiger partial charge in [-0.25, -0.2) is 9.37 Å². The number of hydrogen-bond acceptors (Lipinski definition) is 3. The highest BCUT2D eigenvalue weighted by atomic mass is 19.1. The van der Waals surface area contributed by atoms with E-state index in [1.165, 1.54) is 24.3 Å². The Kier molecular flexibility index (Phi) is 6.59. The molecule has 2 aromatic carbocycles. The zero-order valence-electron chi connectivity index (χ0n) is 16.7. The molecule has 0 aliphatic heterocycles. The zero-order valence-corrected chi connectivity index (χ0v) is 16.7. The fourth-order valence-corrected chi connectivity index (χ4v) is 3.30. The molecule has 7 heteroatoms. The topological polar surface area (TPSA) is 67.2 Å². The Morgan fingerprint density at radius 1 is 1.07 bits per heavy atom. The molecule has 6 nitrogen and oxygen atoms in total. The lowest BCUT2D eigenvalue weighted by atomic mass is 10.2. The molecule has 1 aromatic heterocycles. The molecule has 3 aromatic rings. The molecule has 0 aliphatic rings. The minimum absolute atomic E-state index is 0.0368. The zero-order chi connectivity index (χ0) is 20.8. The average molecular weight is 396 g/mol. The van der Waals surface area contributed by atoms with E-state index < -0.39 is 0 Å². The van der Waals surface area contributed by atoms with Crippen LogP contribution in [0.5, 0.6) is 0 Å². The number of para-hydroxylation sites is 2. The van der Waals surface area contributed by atoms with E-state index in [9.17, 15) is 14.0 Å². The number of carbonyl (C=O) groups is 2. The second-order valence-electron chi connectivity index (χ2n) is 6.68. The van der Waals surface area contributed by atoms with Gasteiger partial charge in [-0.1, -0.05) is 12.1 Å². The lowest BCUT2D eigenvalue weighted by molar-refractivity contribution is -0.131. The fraction of sp³-hybridized carbons (Fsp3) is 0.318. The van der Waals surface area contributed by atoms with Gasteiger partial charge in [0.25, 0.3) is 5.91 Å². The molecule has 3 rings (SSSR count). The minimum Gasteiger partial charge on any atom is -0.352 e. The summed E-state index contributed by atoms with van der Waals surface area (Å²) in [4.78, 5) is 31.3. The standard InChI is InChI=1S/C22H25FN4O2/c1-3-26(4-2)21(28)15-27-19-8-6-5-7-18(19)25-20(27)13-14-24-22(29)16-9-11-17(23)12-10-16/h5-12H,3-4,13-15H2,1-2H3,(H,24,29). The first-order valence-electron chi connectivity index (χ1n) is 9.79. The number of halogens is 1. The van der Waals surface area contributed by atoms with E-state index in [0.29, 0.717) is 31.6 Å². The van der Waals surface area contributed by atoms with E-state index in [1.807, 2.05) is 42.7 Å². The van der Waals surface area contributed by atoms with Crippen molar-refractivity contribution in [3.05, 3.63) is 65.7 Å². The van der Waals surface area contributed by atoms with Crippen molar-refractivity contribution >= 4 is 22.8 Å². The van der Waals surface area contributed by atoms with Gasteiger partial charge >= 0.3 is 0 Å². The molecular weight excluding hydrogens is 371 g/mol. The molecule has 0 bridgehead atoms. The lowest BCUT2D eigenvalue weighted by Crippen LogP contribution is -2.34. The molecule has 0 saturated heterocycles. The number of benzene rings is 2. The summed E-state index contributed by atoms with van der Waals surface area (Å²) >= 11 is 0. The van der Waals surface area contributed by atoms with E-state index in [0.717, 1.165) is 16.9 Å². The summed E-state index contributed by atoms with van der Waals surface area (Å²) < 4.78 is 14.9. The molecule has 0 fully saturated rings. The first kappa shape index (κ1) is 20.5. The second-order valence-corrected chi connectivity index (χ2v) is 6.68. The van der Waals surface area contributed by atoms with Gasteiger partial charge in [0.05, 0.1) is 11.0 Å². The normalized spacial score (nSPS) is 10.9. The maximum absolute atomic E-state index is 13.0. The summed E-state index contributed by atoms with van der Waals surface area (Å²) in [6.07, 6.45) is 0.479. The van der Waals surface area contributed by atoms with Gasteiger partial charge in [-0.05, 0) is 50.2 Å². The summed E-state index contributed by atoms with van der Waals surface area (Å²) in [5.41, 5.74) is 2.11. The lowest BCUT2D eigenvalue weighted by Gasteiger charge is -2.20. The van der Waals surface area contributed by atoms with Gasteiger partial charge in [0, 0.05) is 31.6 Å². The summed E-state index contributed by atoms with van der Waals surface area (Å²) in [5, 5.41) is 2.83. The van der Waals surface area contributed by atoms with E-state index in [2.05, 4.69) is 10.3 Å². The molecule has 1 heterocycles. The highest BCUT2D eigenvalue weighted by molar-refractivity contribution is 5.94. The Bertz CT molecular complexity index is 994. The predicted octanol–water partition coefficient (Wildman–Crippen LogP) is 3.02. The number of carbonyl (C=O) groups excluding carboxylic acids is 2. The van der Waals surface area contributed by atoms with Crippen LogP contribution in [0.4, 0.5) is 4.39 Å². The molecule has 152 valence electrons. The first-order chi connectivity index (χ1) is 14.0. The van der Waals surface area contributed by atoms with Crippen molar-refractivity contribution in [2.45, 2.75) is 26.8 Å². The molecule has 0 spiro atoms. The molecule has 0 atom stereocenters. The van der Waals surface area contributed by atoms with Crippen molar-refractivity contribution in [1.29, 1.82) is 0 Å². The minimum atomic E-state index is -0.381. The molecule has 2 amide bonds. The molecule has 0 radical (unpaired) electrons. The predicted molar refractivity (Wildman–Crippen MR) is 110 cm³/mol. The van der Waals surface area contributed by atoms with Gasteiger partial charge in [-0.3, -0.25) is 9.59 Å². The first-order valence-corrected chi connectivity index (χ1v) is 9.79. The summed E-state index contributed by atoms with van der Waals surface area (Å²) in [6, 6.07) is 13.1. The number of amides is 2. The Morgan fingerprint density at radius 2 is 1.76 bits per heavy atom. The third kappa shape index (κ3) is 4.80. The van der Waals surface area contributed by atoms with Crippen LogP contribution in [-0.2, 0) is 17.8 Å². The molecular formula is C22H25FN4O2. The maximum Gasteiger partial charge on any atom is 0.251 e. The third-order valence-corrected chi connectivity index (χ3v) is 4.88. The SMILES string of the molecule is CCN(CC)C(=O)Cn1c(CCNC(=O)c2ccc(F)cc2)nc2ccccc21. The van der Waals surface area contributed by atoms with Crippen molar-refractivity contribution in [2.24, 2.45) is 0 Å². The van der Waals surface area contributed by atoms with Gasteiger partial charge in [0.2, 0.25) is 5.91 Å². The molecule has 1 N–H and O–H groups in total. The van der Waals surface area contributed by atoms with Crippen LogP contribution in [0.15, 0.2) is 48.5 Å². The van der Waals surface area contributed by atoms with E-state index in [4.69, 9.17) is 0 Å². The number of imidazole rings is 1. The Hall–Kier alpha value is -3.22. The number of likely N-dealkylation sites (N-methyl/N-ethyl adjacent to an activating group) is 1. The number of fused-ring (bicyclic) bond motifs is 1. The van der Waals surface area contributed by atoms with E-state index in [-0.39, 0.29) is 24.2 Å². The number of nitrogens with zero attached hydrogens (tertiary/aromatic N) is 3. The van der Waals surface area contributed by atoms with Crippen molar-refractivity contribution in [3.63, 3.8) is 0 Å². The van der Waals surface area contributed by atoms with Crippen molar-refractivity contribution in [2.75, 3.05) is 19.6 Å². The number of nitrogens with one attached hydrogen (secondary N) is 1. The largest absolute Gasteiger partial charge is 0.352 e. The van der Waals surface area contributed by atoms with Crippen LogP contribution in [0.1, 0.15) is 30.0 Å². The smallest absolute Gasteiger partial charge is 0.251 e. The van der Waals surface area contributed by atoms with Gasteiger partial charge in [0.1, 0.15) is 18.2 Å². The van der Waals surface area contributed by atoms with E-state index in [1.54, 1.807) is 4.90 Å². The fourth-order valence-electron chi connectivity index (χ4n) is 3.30. The Balaban J connectivity index is 1.73. The van der Waals surface area contributed by atoms with Gasteiger partial charge in [-0.15, -0.1) is 0 Å². The summed E-state index contributed by atoms with van der Waals surface area (Å²) in [7, 11) is 0. The van der Waals surface area contributed by atoms with Crippen LogP contribution in [0.3, 0.4) is 0 Å². The molecule has 0 unspecified atom stereocenters. The number of rotatable bonds is 8. The van der Waals surface area contributed by atoms with Gasteiger partial charge in [-0.2, -0.15) is 0 Å². The Morgan fingerprint density at radius 3 is 2.45 bits per heavy atom. The van der Waals surface area contributed by atoms with Crippen LogP contribution in [0.25, 0.3) is 11.0 Å². The number of hydrogen-bond donors (Lipinski definition) is 1. The van der Waals surface area contributed by atoms with Gasteiger partial charge in [0.15, 0.2) is 0 Å². The summed E-state index contributed by atoms with van der Waals surface area (Å²) in [6.45, 7) is 5.80. The Labute approximate surface area is 169 Å². The molecule has 0 saturated carbocycles. The highest BCUT2D eigenvalue weighted by Crippen LogP contribution is 2.17. The summed E-state index contributed by atoms with van der Waals surface area (Å²) in [5.74, 6) is 0.126. The van der Waals surface area contributed by atoms with Crippen molar-refractivity contribution in [1.82, 2.24) is 19.8 Å². The number of aromatic nitrogens is 2. The second kappa shape index (κ2) is 9.32. The van der Waals surface area contributed by atoms with Crippen molar-refractivity contribution < 1.29 is 14.0 Å². The molecule has 0 aliphatic carbocycles. The maximum atomic E-state index is 13.0. The van der Waals surface area contributed by atoms with Crippen molar-refractivity contribution in [3.8, 4) is 0 Å². The monoisotopic (exact) mass is 396 g/mol. The molecule has 29 heavy (non-hydrogen) atoms.